The zero-order valence-electron chi connectivity index (χ0n) is 16.1. The lowest BCUT2D eigenvalue weighted by molar-refractivity contribution is 0.0952. The van der Waals surface area contributed by atoms with Gasteiger partial charge in [-0.15, -0.1) is 0 Å². The molecular formula is C20H27N3O3S. The zero-order chi connectivity index (χ0) is 19.9. The van der Waals surface area contributed by atoms with Crippen LogP contribution in [0.15, 0.2) is 59.5 Å². The maximum Gasteiger partial charge on any atom is 0.251 e. The summed E-state index contributed by atoms with van der Waals surface area (Å²) >= 11 is 0. The largest absolute Gasteiger partial charge is 0.352 e. The Labute approximate surface area is 161 Å². The molecule has 0 aliphatic carbocycles. The van der Waals surface area contributed by atoms with Crippen LogP contribution in [0.5, 0.6) is 0 Å². The SMILES string of the molecule is CN(CCCNC(=O)c1ccc(S(=O)(=O)N(C)C)cc1)Cc1ccccc1. The Balaban J connectivity index is 1.77. The van der Waals surface area contributed by atoms with E-state index < -0.39 is 10.0 Å². The number of benzene rings is 2. The summed E-state index contributed by atoms with van der Waals surface area (Å²) in [5, 5.41) is 2.87. The first kappa shape index (κ1) is 21.1. The molecule has 0 aliphatic rings. The second-order valence-corrected chi connectivity index (χ2v) is 8.80. The number of sulfonamides is 1. The average molecular weight is 390 g/mol. The van der Waals surface area contributed by atoms with Crippen LogP contribution in [0, 0.1) is 0 Å². The number of hydrogen-bond acceptors (Lipinski definition) is 4. The second-order valence-electron chi connectivity index (χ2n) is 6.64. The summed E-state index contributed by atoms with van der Waals surface area (Å²) in [6, 6.07) is 16.2. The Kier molecular flexibility index (Phi) is 7.53. The van der Waals surface area contributed by atoms with Gasteiger partial charge in [0.15, 0.2) is 0 Å². The maximum atomic E-state index is 12.2. The molecule has 0 spiro atoms. The van der Waals surface area contributed by atoms with Crippen LogP contribution in [0.25, 0.3) is 0 Å². The Hall–Kier alpha value is -2.22. The molecule has 0 saturated carbocycles. The van der Waals surface area contributed by atoms with E-state index in [-0.39, 0.29) is 10.8 Å². The van der Waals surface area contributed by atoms with E-state index in [1.807, 2.05) is 18.2 Å². The van der Waals surface area contributed by atoms with E-state index in [1.54, 1.807) is 0 Å². The van der Waals surface area contributed by atoms with Gasteiger partial charge in [-0.05, 0) is 49.8 Å². The number of carbonyl (C=O) groups excluding carboxylic acids is 1. The highest BCUT2D eigenvalue weighted by molar-refractivity contribution is 7.89. The van der Waals surface area contributed by atoms with Crippen molar-refractivity contribution in [1.29, 1.82) is 0 Å². The Morgan fingerprint density at radius 3 is 2.19 bits per heavy atom. The van der Waals surface area contributed by atoms with Gasteiger partial charge in [0.25, 0.3) is 5.91 Å². The van der Waals surface area contributed by atoms with E-state index in [0.717, 1.165) is 23.8 Å². The first-order valence-electron chi connectivity index (χ1n) is 8.84. The summed E-state index contributed by atoms with van der Waals surface area (Å²) in [5.74, 6) is -0.200. The molecule has 0 atom stereocenters. The molecule has 2 rings (SSSR count). The average Bonchev–Trinajstić information content (AvgIpc) is 2.66. The van der Waals surface area contributed by atoms with Crippen LogP contribution in [0.2, 0.25) is 0 Å². The summed E-state index contributed by atoms with van der Waals surface area (Å²) < 4.78 is 25.2. The predicted molar refractivity (Wildman–Crippen MR) is 107 cm³/mol. The van der Waals surface area contributed by atoms with E-state index in [9.17, 15) is 13.2 Å². The normalized spacial score (nSPS) is 11.7. The van der Waals surface area contributed by atoms with E-state index in [4.69, 9.17) is 0 Å². The Morgan fingerprint density at radius 1 is 0.963 bits per heavy atom. The highest BCUT2D eigenvalue weighted by Gasteiger charge is 2.17. The van der Waals surface area contributed by atoms with Crippen molar-refractivity contribution in [2.45, 2.75) is 17.9 Å². The van der Waals surface area contributed by atoms with Crippen molar-refractivity contribution < 1.29 is 13.2 Å². The van der Waals surface area contributed by atoms with Crippen molar-refractivity contribution in [3.8, 4) is 0 Å². The zero-order valence-corrected chi connectivity index (χ0v) is 16.9. The molecule has 0 aromatic heterocycles. The Morgan fingerprint density at radius 2 is 1.59 bits per heavy atom. The minimum atomic E-state index is -3.48. The lowest BCUT2D eigenvalue weighted by Crippen LogP contribution is -2.28. The highest BCUT2D eigenvalue weighted by Crippen LogP contribution is 2.14. The molecule has 0 heterocycles. The molecule has 0 aliphatic heterocycles. The minimum absolute atomic E-state index is 0.173. The lowest BCUT2D eigenvalue weighted by Gasteiger charge is -2.16. The quantitative estimate of drug-likeness (QED) is 0.668. The molecule has 2 aromatic rings. The van der Waals surface area contributed by atoms with Gasteiger partial charge < -0.3 is 10.2 Å². The molecule has 0 unspecified atom stereocenters. The smallest absolute Gasteiger partial charge is 0.251 e. The van der Waals surface area contributed by atoms with Crippen molar-refractivity contribution in [2.75, 3.05) is 34.2 Å². The van der Waals surface area contributed by atoms with Crippen LogP contribution in [0.1, 0.15) is 22.3 Å². The molecule has 0 saturated heterocycles. The van der Waals surface area contributed by atoms with Gasteiger partial charge in [0.1, 0.15) is 0 Å². The highest BCUT2D eigenvalue weighted by atomic mass is 32.2. The molecule has 0 bridgehead atoms. The fourth-order valence-electron chi connectivity index (χ4n) is 2.62. The first-order chi connectivity index (χ1) is 12.8. The minimum Gasteiger partial charge on any atom is -0.352 e. The van der Waals surface area contributed by atoms with Crippen molar-refractivity contribution >= 4 is 15.9 Å². The van der Waals surface area contributed by atoms with Crippen molar-refractivity contribution in [2.24, 2.45) is 0 Å². The van der Waals surface area contributed by atoms with E-state index in [1.165, 1.54) is 43.9 Å². The van der Waals surface area contributed by atoms with Crippen LogP contribution in [0.4, 0.5) is 0 Å². The van der Waals surface area contributed by atoms with Crippen molar-refractivity contribution in [3.63, 3.8) is 0 Å². The number of amides is 1. The summed E-state index contributed by atoms with van der Waals surface area (Å²) in [6.45, 7) is 2.31. The van der Waals surface area contributed by atoms with Gasteiger partial charge in [0, 0.05) is 32.7 Å². The van der Waals surface area contributed by atoms with Crippen LogP contribution in [0.3, 0.4) is 0 Å². The van der Waals surface area contributed by atoms with Crippen molar-refractivity contribution in [1.82, 2.24) is 14.5 Å². The molecule has 1 amide bonds. The molecule has 7 heteroatoms. The third-order valence-corrected chi connectivity index (χ3v) is 6.02. The fraction of sp³-hybridized carbons (Fsp3) is 0.350. The molecule has 0 fully saturated rings. The van der Waals surface area contributed by atoms with Gasteiger partial charge in [-0.25, -0.2) is 12.7 Å². The molecule has 6 nitrogen and oxygen atoms in total. The summed E-state index contributed by atoms with van der Waals surface area (Å²) in [4.78, 5) is 14.6. The molecule has 27 heavy (non-hydrogen) atoms. The fourth-order valence-corrected chi connectivity index (χ4v) is 3.52. The molecule has 0 radical (unpaired) electrons. The van der Waals surface area contributed by atoms with Gasteiger partial charge in [0.2, 0.25) is 10.0 Å². The number of rotatable bonds is 9. The van der Waals surface area contributed by atoms with Crippen LogP contribution < -0.4 is 5.32 Å². The number of hydrogen-bond donors (Lipinski definition) is 1. The van der Waals surface area contributed by atoms with Crippen molar-refractivity contribution in [3.05, 3.63) is 65.7 Å². The Bertz CT molecular complexity index is 835. The summed E-state index contributed by atoms with van der Waals surface area (Å²) in [6.07, 6.45) is 0.835. The number of nitrogens with zero attached hydrogens (tertiary/aromatic N) is 2. The van der Waals surface area contributed by atoms with Gasteiger partial charge in [0.05, 0.1) is 4.90 Å². The first-order valence-corrected chi connectivity index (χ1v) is 10.3. The van der Waals surface area contributed by atoms with E-state index >= 15 is 0 Å². The van der Waals surface area contributed by atoms with Crippen LogP contribution in [-0.2, 0) is 16.6 Å². The number of nitrogens with one attached hydrogen (secondary N) is 1. The summed E-state index contributed by atoms with van der Waals surface area (Å²) in [5.41, 5.74) is 1.71. The van der Waals surface area contributed by atoms with E-state index in [0.29, 0.717) is 12.1 Å². The predicted octanol–water partition coefficient (Wildman–Crippen LogP) is 2.19. The van der Waals surface area contributed by atoms with Crippen LogP contribution in [-0.4, -0.2) is 57.8 Å². The van der Waals surface area contributed by atoms with E-state index in [2.05, 4.69) is 29.4 Å². The second kappa shape index (κ2) is 9.64. The lowest BCUT2D eigenvalue weighted by atomic mass is 10.2. The monoisotopic (exact) mass is 389 g/mol. The molecular weight excluding hydrogens is 362 g/mol. The van der Waals surface area contributed by atoms with Gasteiger partial charge in [-0.2, -0.15) is 0 Å². The third-order valence-electron chi connectivity index (χ3n) is 4.19. The number of carbonyl (C=O) groups is 1. The molecule has 146 valence electrons. The van der Waals surface area contributed by atoms with Gasteiger partial charge in [-0.3, -0.25) is 4.79 Å². The topological polar surface area (TPSA) is 69.7 Å². The van der Waals surface area contributed by atoms with Gasteiger partial charge in [-0.1, -0.05) is 30.3 Å². The standard InChI is InChI=1S/C20H27N3O3S/c1-22(2)27(25,26)19-12-10-18(11-13-19)20(24)21-14-7-15-23(3)16-17-8-5-4-6-9-17/h4-6,8-13H,7,14-16H2,1-3H3,(H,21,24). The summed E-state index contributed by atoms with van der Waals surface area (Å²) in [7, 11) is 1.53. The van der Waals surface area contributed by atoms with Gasteiger partial charge >= 0.3 is 0 Å². The molecule has 2 aromatic carbocycles. The maximum absolute atomic E-state index is 12.2. The van der Waals surface area contributed by atoms with Crippen LogP contribution >= 0.6 is 0 Å². The third kappa shape index (κ3) is 6.16. The molecule has 1 N–H and O–H groups in total.